The smallest absolute Gasteiger partial charge is 0.781 e. The molecule has 46 heavy (non-hydrogen) atoms. The minimum Gasteiger partial charge on any atom is -0.781 e. The molecule has 0 heterocycles. The number of rotatable bonds is 34. The van der Waals surface area contributed by atoms with Gasteiger partial charge in [0.2, 0.25) is 0 Å². The Labute approximate surface area is 373 Å². The summed E-state index contributed by atoms with van der Waals surface area (Å²) in [5.74, 6) is 0. The van der Waals surface area contributed by atoms with Gasteiger partial charge in [0.15, 0.2) is 0 Å². The second kappa shape index (κ2) is 52.4. The Hall–Kier alpha value is 3.05. The summed E-state index contributed by atoms with van der Waals surface area (Å²) in [4.78, 5) is 20.4. The van der Waals surface area contributed by atoms with Gasteiger partial charge in [0.25, 0.3) is 0 Å². The summed E-state index contributed by atoms with van der Waals surface area (Å²) < 4.78 is 29.5. The molecule has 6 nitrogen and oxygen atoms in total. The van der Waals surface area contributed by atoms with Gasteiger partial charge < -0.3 is 28.0 Å². The normalized spacial score (nSPS) is 12.4. The molecule has 0 saturated carbocycles. The van der Waals surface area contributed by atoms with Crippen LogP contribution in [0.4, 0.5) is 0 Å². The van der Waals surface area contributed by atoms with Crippen molar-refractivity contribution in [1.29, 1.82) is 0 Å². The summed E-state index contributed by atoms with van der Waals surface area (Å²) in [5.41, 5.74) is 0. The first-order valence-corrected chi connectivity index (χ1v) is 21.0. The summed E-state index contributed by atoms with van der Waals surface area (Å²) in [7, 11) is -5.92. The van der Waals surface area contributed by atoms with Crippen LogP contribution in [0.15, 0.2) is 24.3 Å². The number of hydrogen-bond acceptors (Lipinski definition) is 6. The second-order valence-electron chi connectivity index (χ2n) is 12.1. The van der Waals surface area contributed by atoms with E-state index < -0.39 is 16.5 Å². The van der Waals surface area contributed by atoms with Crippen LogP contribution in [0.1, 0.15) is 194 Å². The average Bonchev–Trinajstić information content (AvgIpc) is 3.00. The molecule has 0 bridgehead atoms. The molecule has 0 aromatic heterocycles. The third-order valence-electron chi connectivity index (χ3n) is 7.75. The van der Waals surface area contributed by atoms with Gasteiger partial charge >= 0.3 is 103 Å². The van der Waals surface area contributed by atoms with E-state index in [-0.39, 0.29) is 103 Å². The molecule has 0 aliphatic rings. The molecule has 0 aromatic rings. The Morgan fingerprint density at radius 1 is 0.391 bits per heavy atom. The van der Waals surface area contributed by atoms with E-state index in [1.165, 1.54) is 154 Å². The molecule has 0 aromatic carbocycles. The molecule has 0 rings (SSSR count). The van der Waals surface area contributed by atoms with Crippen molar-refractivity contribution in [3.05, 3.63) is 24.3 Å². The molecule has 0 saturated heterocycles. The quantitative estimate of drug-likeness (QED) is 0.0370. The van der Waals surface area contributed by atoms with Crippen molar-refractivity contribution in [2.75, 3.05) is 13.2 Å². The van der Waals surface area contributed by atoms with Gasteiger partial charge in [-0.25, -0.2) is 0 Å². The molecule has 10 heteroatoms. The number of unbranched alkanes of at least 4 members (excludes halogenated alkanes) is 24. The van der Waals surface area contributed by atoms with Crippen molar-refractivity contribution in [3.63, 3.8) is 0 Å². The van der Waals surface area contributed by atoms with Crippen LogP contribution in [-0.2, 0) is 18.2 Å². The predicted molar refractivity (Wildman–Crippen MR) is 189 cm³/mol. The third kappa shape index (κ3) is 59.2. The SMILES string of the molecule is CCCCCCCC/C=C\CCCCCCCCO[PH](=O)[O-].CCCCCCCC/C=C\CCCCCCCCO[PH](=O)[O-].[K+].[K+]. The maximum Gasteiger partial charge on any atom is 1.00 e. The maximum absolute atomic E-state index is 10.2. The minimum atomic E-state index is -2.96. The van der Waals surface area contributed by atoms with E-state index in [4.69, 9.17) is 0 Å². The standard InChI is InChI=1S/2C18H37O3P.2K/c2*1-2-3-4-5-6-7-8-9-10-11-12-13-14-15-16-17-18-21-22(19)20;;/h2*9-10,22H,2-8,11-18H2,1H3,(H,19,20);;/q;;2*+1/p-2/b2*10-9-;;. The van der Waals surface area contributed by atoms with E-state index in [1.54, 1.807) is 0 Å². The Morgan fingerprint density at radius 2 is 0.609 bits per heavy atom. The van der Waals surface area contributed by atoms with Crippen LogP contribution >= 0.6 is 16.5 Å². The van der Waals surface area contributed by atoms with Crippen LogP contribution < -0.4 is 113 Å². The molecule has 0 aliphatic carbocycles. The maximum atomic E-state index is 10.2. The monoisotopic (exact) mass is 740 g/mol. The fraction of sp³-hybridized carbons (Fsp3) is 0.889. The predicted octanol–water partition coefficient (Wildman–Crippen LogP) is 5.59. The van der Waals surface area contributed by atoms with Crippen molar-refractivity contribution >= 4 is 16.5 Å². The van der Waals surface area contributed by atoms with Gasteiger partial charge in [-0.3, -0.25) is 0 Å². The van der Waals surface area contributed by atoms with Gasteiger partial charge in [0.05, 0.1) is 13.2 Å². The van der Waals surface area contributed by atoms with Crippen LogP contribution in [-0.4, -0.2) is 13.2 Å². The first-order valence-electron chi connectivity index (χ1n) is 18.5. The topological polar surface area (TPSA) is 98.7 Å². The molecular weight excluding hydrogens is 669 g/mol. The van der Waals surface area contributed by atoms with Gasteiger partial charge in [-0.05, 0) is 64.2 Å². The number of allylic oxidation sites excluding steroid dienone is 4. The van der Waals surface area contributed by atoms with E-state index in [9.17, 15) is 18.9 Å². The van der Waals surface area contributed by atoms with Gasteiger partial charge in [0, 0.05) is 0 Å². The molecule has 0 N–H and O–H groups in total. The van der Waals surface area contributed by atoms with Crippen LogP contribution in [0.2, 0.25) is 0 Å². The average molecular weight is 741 g/mol. The van der Waals surface area contributed by atoms with Crippen LogP contribution in [0.5, 0.6) is 0 Å². The number of hydrogen-bond donors (Lipinski definition) is 0. The molecule has 0 fully saturated rings. The zero-order valence-corrected chi connectivity index (χ0v) is 39.2. The molecular formula is C36H72K2O6P2. The van der Waals surface area contributed by atoms with Gasteiger partial charge in [-0.2, -0.15) is 0 Å². The van der Waals surface area contributed by atoms with E-state index in [1.807, 2.05) is 0 Å². The van der Waals surface area contributed by atoms with E-state index >= 15 is 0 Å². The molecule has 0 radical (unpaired) electrons. The van der Waals surface area contributed by atoms with E-state index in [2.05, 4.69) is 47.2 Å². The van der Waals surface area contributed by atoms with Crippen molar-refractivity contribution in [3.8, 4) is 0 Å². The zero-order chi connectivity index (χ0) is 32.6. The van der Waals surface area contributed by atoms with Crippen LogP contribution in [0.3, 0.4) is 0 Å². The summed E-state index contributed by atoms with van der Waals surface area (Å²) in [6.45, 7) is 5.25. The molecule has 264 valence electrons. The Kier molecular flexibility index (Phi) is 63.6. The minimum absolute atomic E-state index is 0. The Bertz CT molecular complexity index is 600. The van der Waals surface area contributed by atoms with Gasteiger partial charge in [-0.15, -0.1) is 0 Å². The fourth-order valence-corrected chi connectivity index (χ4v) is 5.63. The van der Waals surface area contributed by atoms with E-state index in [0.717, 1.165) is 25.7 Å². The molecule has 2 atom stereocenters. The Balaban J connectivity index is -0.000000367. The van der Waals surface area contributed by atoms with Crippen molar-refractivity contribution < 1.29 is 131 Å². The summed E-state index contributed by atoms with van der Waals surface area (Å²) in [6, 6.07) is 0. The first-order chi connectivity index (χ1) is 21.5. The summed E-state index contributed by atoms with van der Waals surface area (Å²) >= 11 is 0. The second-order valence-corrected chi connectivity index (χ2v) is 13.6. The largest absolute Gasteiger partial charge is 1.00 e. The summed E-state index contributed by atoms with van der Waals surface area (Å²) in [6.07, 6.45) is 44.6. The zero-order valence-electron chi connectivity index (χ0n) is 31.0. The van der Waals surface area contributed by atoms with Gasteiger partial charge in [-0.1, -0.05) is 154 Å². The fourth-order valence-electron chi connectivity index (χ4n) is 5.01. The molecule has 0 aliphatic heterocycles. The van der Waals surface area contributed by atoms with Gasteiger partial charge in [0.1, 0.15) is 16.5 Å². The van der Waals surface area contributed by atoms with Crippen molar-refractivity contribution in [1.82, 2.24) is 0 Å². The summed E-state index contributed by atoms with van der Waals surface area (Å²) in [5, 5.41) is 0. The van der Waals surface area contributed by atoms with Crippen LogP contribution in [0, 0.1) is 0 Å². The van der Waals surface area contributed by atoms with Crippen molar-refractivity contribution in [2.45, 2.75) is 194 Å². The molecule has 0 amide bonds. The van der Waals surface area contributed by atoms with Crippen LogP contribution in [0.25, 0.3) is 0 Å². The molecule has 2 unspecified atom stereocenters. The third-order valence-corrected chi connectivity index (χ3v) is 8.63. The first kappa shape index (κ1) is 55.8. The molecule has 0 spiro atoms. The van der Waals surface area contributed by atoms with E-state index in [0.29, 0.717) is 13.2 Å². The Morgan fingerprint density at radius 3 is 0.848 bits per heavy atom. The van der Waals surface area contributed by atoms with Crippen molar-refractivity contribution in [2.24, 2.45) is 0 Å².